The third-order valence-electron chi connectivity index (χ3n) is 5.62. The maximum absolute atomic E-state index is 13.6. The van der Waals surface area contributed by atoms with Crippen LogP contribution in [0.4, 0.5) is 11.5 Å². The summed E-state index contributed by atoms with van der Waals surface area (Å²) in [6.45, 7) is 3.16. The number of amides is 1. The number of nitrogens with zero attached hydrogens (tertiary/aromatic N) is 2. The van der Waals surface area contributed by atoms with Crippen LogP contribution in [0.2, 0.25) is 0 Å². The molecule has 1 saturated heterocycles. The number of rotatable bonds is 6. The summed E-state index contributed by atoms with van der Waals surface area (Å²) in [5.41, 5.74) is 2.25. The molecule has 166 valence electrons. The summed E-state index contributed by atoms with van der Waals surface area (Å²) in [4.78, 5) is 33.4. The molecule has 1 aromatic heterocycles. The van der Waals surface area contributed by atoms with Gasteiger partial charge in [-0.25, -0.2) is 4.98 Å². The lowest BCUT2D eigenvalue weighted by Crippen LogP contribution is -2.42. The van der Waals surface area contributed by atoms with Crippen LogP contribution < -0.4 is 5.32 Å². The Labute approximate surface area is 192 Å². The summed E-state index contributed by atoms with van der Waals surface area (Å²) in [5, 5.41) is 4.15. The zero-order chi connectivity index (χ0) is 22.5. The molecule has 2 heterocycles. The van der Waals surface area contributed by atoms with E-state index in [2.05, 4.69) is 17.4 Å². The number of esters is 1. The lowest BCUT2D eigenvalue weighted by Gasteiger charge is -2.32. The Morgan fingerprint density at radius 3 is 2.84 bits per heavy atom. The molecule has 0 aliphatic carbocycles. The molecule has 0 radical (unpaired) electrons. The average Bonchev–Trinajstić information content (AvgIpc) is 2.83. The van der Waals surface area contributed by atoms with E-state index in [0.29, 0.717) is 31.1 Å². The summed E-state index contributed by atoms with van der Waals surface area (Å²) in [5.74, 6) is 0.0380. The van der Waals surface area contributed by atoms with Gasteiger partial charge < -0.3 is 15.0 Å². The van der Waals surface area contributed by atoms with E-state index in [4.69, 9.17) is 9.72 Å². The molecular formula is C25H27N3O3S. The van der Waals surface area contributed by atoms with Gasteiger partial charge in [0.15, 0.2) is 0 Å². The van der Waals surface area contributed by atoms with Crippen LogP contribution in [0.25, 0.3) is 10.9 Å². The molecule has 1 unspecified atom stereocenters. The zero-order valence-corrected chi connectivity index (χ0v) is 19.2. The molecule has 0 bridgehead atoms. The van der Waals surface area contributed by atoms with E-state index in [-0.39, 0.29) is 17.8 Å². The molecule has 1 aliphatic heterocycles. The van der Waals surface area contributed by atoms with Gasteiger partial charge in [0.25, 0.3) is 5.91 Å². The average molecular weight is 450 g/mol. The van der Waals surface area contributed by atoms with Crippen LogP contribution in [-0.4, -0.2) is 47.7 Å². The molecule has 4 rings (SSSR count). The van der Waals surface area contributed by atoms with Gasteiger partial charge in [0, 0.05) is 29.1 Å². The number of carbonyl (C=O) groups is 2. The largest absolute Gasteiger partial charge is 0.466 e. The second-order valence-corrected chi connectivity index (χ2v) is 8.65. The number of hydrogen-bond acceptors (Lipinski definition) is 6. The lowest BCUT2D eigenvalue weighted by atomic mass is 9.97. The summed E-state index contributed by atoms with van der Waals surface area (Å²) in [6, 6.07) is 17.5. The molecule has 1 amide bonds. The number of anilines is 2. The summed E-state index contributed by atoms with van der Waals surface area (Å²) in [7, 11) is 0. The van der Waals surface area contributed by atoms with Crippen molar-refractivity contribution in [3.05, 3.63) is 60.2 Å². The molecule has 0 spiro atoms. The van der Waals surface area contributed by atoms with Crippen LogP contribution in [0.1, 0.15) is 30.1 Å². The number of carbonyl (C=O) groups excluding carboxylic acids is 2. The molecule has 1 fully saturated rings. The molecule has 6 nitrogen and oxygen atoms in total. The number of nitrogens with one attached hydrogen (secondary N) is 1. The molecule has 1 atom stereocenters. The van der Waals surface area contributed by atoms with Gasteiger partial charge in [-0.3, -0.25) is 9.59 Å². The van der Waals surface area contributed by atoms with Crippen molar-refractivity contribution in [1.82, 2.24) is 9.88 Å². The zero-order valence-electron chi connectivity index (χ0n) is 18.3. The van der Waals surface area contributed by atoms with E-state index in [9.17, 15) is 9.59 Å². The Morgan fingerprint density at radius 1 is 1.19 bits per heavy atom. The number of pyridine rings is 1. The second-order valence-electron chi connectivity index (χ2n) is 7.77. The Bertz CT molecular complexity index is 1130. The van der Waals surface area contributed by atoms with E-state index < -0.39 is 0 Å². The third-order valence-corrected chi connectivity index (χ3v) is 6.34. The molecule has 32 heavy (non-hydrogen) atoms. The normalized spacial score (nSPS) is 16.1. The van der Waals surface area contributed by atoms with Crippen molar-refractivity contribution in [2.45, 2.75) is 24.7 Å². The predicted molar refractivity (Wildman–Crippen MR) is 129 cm³/mol. The first-order chi connectivity index (χ1) is 15.6. The fourth-order valence-electron chi connectivity index (χ4n) is 4.05. The number of piperidine rings is 1. The van der Waals surface area contributed by atoms with Crippen molar-refractivity contribution < 1.29 is 14.3 Å². The predicted octanol–water partition coefficient (Wildman–Crippen LogP) is 5.12. The second kappa shape index (κ2) is 10.0. The Kier molecular flexibility index (Phi) is 6.95. The number of para-hydroxylation sites is 1. The number of fused-ring (bicyclic) bond motifs is 1. The maximum Gasteiger partial charge on any atom is 0.310 e. The fourth-order valence-corrected chi connectivity index (χ4v) is 4.51. The van der Waals surface area contributed by atoms with Gasteiger partial charge in [-0.1, -0.05) is 24.3 Å². The smallest absolute Gasteiger partial charge is 0.310 e. The van der Waals surface area contributed by atoms with Crippen LogP contribution >= 0.6 is 11.8 Å². The van der Waals surface area contributed by atoms with Crippen molar-refractivity contribution >= 4 is 46.0 Å². The summed E-state index contributed by atoms with van der Waals surface area (Å²) < 4.78 is 5.19. The topological polar surface area (TPSA) is 71.5 Å². The monoisotopic (exact) mass is 449 g/mol. The van der Waals surface area contributed by atoms with Gasteiger partial charge in [0.2, 0.25) is 0 Å². The van der Waals surface area contributed by atoms with Crippen LogP contribution in [-0.2, 0) is 9.53 Å². The number of aromatic nitrogens is 1. The van der Waals surface area contributed by atoms with Crippen LogP contribution in [0.5, 0.6) is 0 Å². The quantitative estimate of drug-likeness (QED) is 0.416. The first-order valence-corrected chi connectivity index (χ1v) is 12.1. The number of thioether (sulfide) groups is 1. The van der Waals surface area contributed by atoms with Crippen molar-refractivity contribution in [2.75, 3.05) is 31.3 Å². The van der Waals surface area contributed by atoms with Crippen LogP contribution in [0, 0.1) is 5.92 Å². The van der Waals surface area contributed by atoms with Gasteiger partial charge in [0.1, 0.15) is 5.82 Å². The van der Waals surface area contributed by atoms with Crippen LogP contribution in [0.3, 0.4) is 0 Å². The standard InChI is InChI=1S/C25H27N3O3S/c1-3-31-25(30)17-8-7-13-28(16-17)24(29)21-15-23(27-22-12-5-4-11-20(21)22)26-18-9-6-10-19(14-18)32-2/h4-6,9-12,14-15,17H,3,7-8,13,16H2,1-2H3,(H,26,27). The number of likely N-dealkylation sites (tertiary alicyclic amines) is 1. The van der Waals surface area contributed by atoms with Crippen molar-refractivity contribution in [3.63, 3.8) is 0 Å². The first kappa shape index (κ1) is 22.1. The molecule has 1 aliphatic rings. The first-order valence-electron chi connectivity index (χ1n) is 10.9. The van der Waals surface area contributed by atoms with Crippen molar-refractivity contribution in [3.8, 4) is 0 Å². The van der Waals surface area contributed by atoms with E-state index >= 15 is 0 Å². The highest BCUT2D eigenvalue weighted by molar-refractivity contribution is 7.98. The van der Waals surface area contributed by atoms with E-state index in [1.165, 1.54) is 0 Å². The number of hydrogen-bond donors (Lipinski definition) is 1. The highest BCUT2D eigenvalue weighted by atomic mass is 32.2. The van der Waals surface area contributed by atoms with E-state index in [0.717, 1.165) is 34.3 Å². The van der Waals surface area contributed by atoms with E-state index in [1.54, 1.807) is 23.6 Å². The minimum Gasteiger partial charge on any atom is -0.466 e. The maximum atomic E-state index is 13.6. The molecule has 1 N–H and O–H groups in total. The van der Waals surface area contributed by atoms with Gasteiger partial charge in [-0.15, -0.1) is 11.8 Å². The van der Waals surface area contributed by atoms with Crippen LogP contribution in [0.15, 0.2) is 59.5 Å². The molecule has 3 aromatic rings. The summed E-state index contributed by atoms with van der Waals surface area (Å²) >= 11 is 1.67. The number of ether oxygens (including phenoxy) is 1. The van der Waals surface area contributed by atoms with Gasteiger partial charge >= 0.3 is 5.97 Å². The van der Waals surface area contributed by atoms with Gasteiger partial charge in [0.05, 0.1) is 23.6 Å². The summed E-state index contributed by atoms with van der Waals surface area (Å²) in [6.07, 6.45) is 3.56. The third kappa shape index (κ3) is 4.88. The molecule has 7 heteroatoms. The van der Waals surface area contributed by atoms with Crippen molar-refractivity contribution in [2.24, 2.45) is 5.92 Å². The molecular weight excluding hydrogens is 422 g/mol. The number of benzene rings is 2. The highest BCUT2D eigenvalue weighted by Gasteiger charge is 2.30. The fraction of sp³-hybridized carbons (Fsp3) is 0.320. The highest BCUT2D eigenvalue weighted by Crippen LogP contribution is 2.28. The Hall–Kier alpha value is -3.06. The molecule has 2 aromatic carbocycles. The van der Waals surface area contributed by atoms with Crippen molar-refractivity contribution in [1.29, 1.82) is 0 Å². The van der Waals surface area contributed by atoms with Gasteiger partial charge in [-0.05, 0) is 56.4 Å². The van der Waals surface area contributed by atoms with E-state index in [1.807, 2.05) is 48.7 Å². The van der Waals surface area contributed by atoms with Gasteiger partial charge in [-0.2, -0.15) is 0 Å². The SMILES string of the molecule is CCOC(=O)C1CCCN(C(=O)c2cc(Nc3cccc(SC)c3)nc3ccccc23)C1. The lowest BCUT2D eigenvalue weighted by molar-refractivity contribution is -0.149. The minimum absolute atomic E-state index is 0.0847. The Balaban J connectivity index is 1.65. The Morgan fingerprint density at radius 2 is 2.03 bits per heavy atom. The minimum atomic E-state index is -0.271. The molecule has 0 saturated carbocycles.